The van der Waals surface area contributed by atoms with E-state index in [-0.39, 0.29) is 12.1 Å². The lowest BCUT2D eigenvalue weighted by Crippen LogP contribution is -2.38. The van der Waals surface area contributed by atoms with E-state index in [0.717, 1.165) is 17.2 Å². The summed E-state index contributed by atoms with van der Waals surface area (Å²) >= 11 is 1.65. The van der Waals surface area contributed by atoms with Gasteiger partial charge in [-0.3, -0.25) is 0 Å². The van der Waals surface area contributed by atoms with Crippen LogP contribution in [0.5, 0.6) is 0 Å². The maximum atomic E-state index is 11.2. The van der Waals surface area contributed by atoms with Gasteiger partial charge in [-0.2, -0.15) is 0 Å². The van der Waals surface area contributed by atoms with Gasteiger partial charge in [-0.25, -0.2) is 9.78 Å². The molecule has 0 radical (unpaired) electrons. The quantitative estimate of drug-likeness (QED) is 0.782. The van der Waals surface area contributed by atoms with Gasteiger partial charge < -0.3 is 15.5 Å². The fourth-order valence-electron chi connectivity index (χ4n) is 1.30. The van der Waals surface area contributed by atoms with E-state index in [2.05, 4.69) is 27.9 Å². The Bertz CT molecular complexity index is 364. The van der Waals surface area contributed by atoms with Gasteiger partial charge in [0.25, 0.3) is 0 Å². The van der Waals surface area contributed by atoms with Gasteiger partial charge in [0.2, 0.25) is 0 Å². The maximum Gasteiger partial charge on any atom is 0.316 e. The van der Waals surface area contributed by atoms with Gasteiger partial charge in [-0.05, 0) is 13.8 Å². The molecule has 5 nitrogen and oxygen atoms in total. The molecule has 1 atom stereocenters. The van der Waals surface area contributed by atoms with E-state index in [0.29, 0.717) is 6.54 Å². The van der Waals surface area contributed by atoms with Crippen molar-refractivity contribution in [3.8, 4) is 0 Å². The number of aromatic nitrogens is 1. The van der Waals surface area contributed by atoms with Gasteiger partial charge in [-0.15, -0.1) is 11.3 Å². The van der Waals surface area contributed by atoms with Crippen LogP contribution in [-0.2, 0) is 0 Å². The third-order valence-corrected chi connectivity index (χ3v) is 3.13. The second-order valence-corrected chi connectivity index (χ2v) is 5.16. The largest absolute Gasteiger partial charge is 0.337 e. The minimum atomic E-state index is -0.0658. The summed E-state index contributed by atoms with van der Waals surface area (Å²) in [4.78, 5) is 17.2. The number of thiazole rings is 1. The highest BCUT2D eigenvalue weighted by Crippen LogP contribution is 2.14. The van der Waals surface area contributed by atoms with Crippen LogP contribution in [0.2, 0.25) is 0 Å². The summed E-state index contributed by atoms with van der Waals surface area (Å²) in [6.45, 7) is 5.42. The second-order valence-electron chi connectivity index (χ2n) is 4.09. The molecular formula is C11H20N4OS. The molecule has 1 heterocycles. The lowest BCUT2D eigenvalue weighted by molar-refractivity contribution is 0.217. The molecule has 6 heteroatoms. The van der Waals surface area contributed by atoms with E-state index >= 15 is 0 Å². The number of nitrogens with one attached hydrogen (secondary N) is 2. The fraction of sp³-hybridized carbons (Fsp3) is 0.636. The third kappa shape index (κ3) is 4.70. The van der Waals surface area contributed by atoms with Crippen LogP contribution in [-0.4, -0.2) is 43.1 Å². The zero-order valence-electron chi connectivity index (χ0n) is 10.8. The van der Waals surface area contributed by atoms with Crippen LogP contribution in [0.25, 0.3) is 0 Å². The average molecular weight is 256 g/mol. The minimum Gasteiger partial charge on any atom is -0.337 e. The van der Waals surface area contributed by atoms with Crippen molar-refractivity contribution in [2.45, 2.75) is 19.9 Å². The van der Waals surface area contributed by atoms with E-state index in [1.807, 2.05) is 6.92 Å². The first kappa shape index (κ1) is 13.9. The minimum absolute atomic E-state index is 0.0658. The van der Waals surface area contributed by atoms with E-state index < -0.39 is 0 Å². The van der Waals surface area contributed by atoms with Crippen molar-refractivity contribution in [2.75, 3.05) is 27.2 Å². The molecule has 0 saturated carbocycles. The van der Waals surface area contributed by atoms with Crippen LogP contribution >= 0.6 is 11.3 Å². The van der Waals surface area contributed by atoms with Gasteiger partial charge in [0.05, 0.1) is 10.7 Å². The molecule has 0 aromatic carbocycles. The van der Waals surface area contributed by atoms with Crippen LogP contribution in [0.1, 0.15) is 23.7 Å². The summed E-state index contributed by atoms with van der Waals surface area (Å²) in [5.41, 5.74) is 1.06. The van der Waals surface area contributed by atoms with Crippen LogP contribution in [0.4, 0.5) is 4.79 Å². The summed E-state index contributed by atoms with van der Waals surface area (Å²) in [7, 11) is 3.45. The van der Waals surface area contributed by atoms with Crippen molar-refractivity contribution < 1.29 is 4.79 Å². The lowest BCUT2D eigenvalue weighted by Gasteiger charge is -2.14. The first-order chi connectivity index (χ1) is 8.00. The van der Waals surface area contributed by atoms with Crippen molar-refractivity contribution in [1.29, 1.82) is 0 Å². The summed E-state index contributed by atoms with van der Waals surface area (Å²) < 4.78 is 0. The van der Waals surface area contributed by atoms with Crippen molar-refractivity contribution in [3.63, 3.8) is 0 Å². The monoisotopic (exact) mass is 256 g/mol. The number of carbonyl (C=O) groups is 1. The lowest BCUT2D eigenvalue weighted by atomic mass is 10.2. The number of amides is 2. The number of hydrogen-bond donors (Lipinski definition) is 2. The summed E-state index contributed by atoms with van der Waals surface area (Å²) in [5, 5.41) is 9.26. The Balaban J connectivity index is 2.21. The Labute approximate surface area is 106 Å². The molecule has 17 heavy (non-hydrogen) atoms. The Morgan fingerprint density at radius 1 is 1.53 bits per heavy atom. The van der Waals surface area contributed by atoms with Gasteiger partial charge in [0.1, 0.15) is 0 Å². The molecular weight excluding hydrogens is 236 g/mol. The molecule has 0 aliphatic carbocycles. The van der Waals surface area contributed by atoms with Gasteiger partial charge >= 0.3 is 6.03 Å². The molecule has 0 aliphatic rings. The van der Waals surface area contributed by atoms with E-state index in [1.165, 1.54) is 4.90 Å². The predicted molar refractivity (Wildman–Crippen MR) is 70.4 cm³/mol. The zero-order chi connectivity index (χ0) is 12.8. The Morgan fingerprint density at radius 2 is 2.24 bits per heavy atom. The molecule has 0 saturated heterocycles. The van der Waals surface area contributed by atoms with Gasteiger partial charge in [0.15, 0.2) is 0 Å². The smallest absolute Gasteiger partial charge is 0.316 e. The Kier molecular flexibility index (Phi) is 5.37. The van der Waals surface area contributed by atoms with Gasteiger partial charge in [0, 0.05) is 38.6 Å². The number of rotatable bonds is 5. The van der Waals surface area contributed by atoms with Crippen LogP contribution in [0.3, 0.4) is 0 Å². The zero-order valence-corrected chi connectivity index (χ0v) is 11.6. The number of carbonyl (C=O) groups excluding carboxylic acids is 1. The molecule has 0 spiro atoms. The average Bonchev–Trinajstić information content (AvgIpc) is 2.70. The second kappa shape index (κ2) is 6.56. The predicted octanol–water partition coefficient (Wildman–Crippen LogP) is 1.37. The molecule has 96 valence electrons. The summed E-state index contributed by atoms with van der Waals surface area (Å²) in [6, 6.07) is 0.153. The SMILES string of the molecule is Cc1nc(C(C)NCCNC(=O)N(C)C)cs1. The molecule has 0 aliphatic heterocycles. The van der Waals surface area contributed by atoms with Crippen LogP contribution < -0.4 is 10.6 Å². The molecule has 1 aromatic rings. The number of urea groups is 1. The number of hydrogen-bond acceptors (Lipinski definition) is 4. The van der Waals surface area contributed by atoms with Crippen molar-refractivity contribution in [3.05, 3.63) is 16.1 Å². The first-order valence-corrected chi connectivity index (χ1v) is 6.49. The third-order valence-electron chi connectivity index (χ3n) is 2.34. The molecule has 0 fully saturated rings. The fourth-order valence-corrected chi connectivity index (χ4v) is 2.01. The molecule has 2 amide bonds. The van der Waals surface area contributed by atoms with Crippen LogP contribution in [0, 0.1) is 6.92 Å². The van der Waals surface area contributed by atoms with Crippen molar-refractivity contribution in [1.82, 2.24) is 20.5 Å². The van der Waals surface area contributed by atoms with Crippen LogP contribution in [0.15, 0.2) is 5.38 Å². The maximum absolute atomic E-state index is 11.2. The van der Waals surface area contributed by atoms with E-state index in [4.69, 9.17) is 0 Å². The highest BCUT2D eigenvalue weighted by molar-refractivity contribution is 7.09. The van der Waals surface area contributed by atoms with Gasteiger partial charge in [-0.1, -0.05) is 0 Å². The highest BCUT2D eigenvalue weighted by Gasteiger charge is 2.08. The molecule has 1 unspecified atom stereocenters. The summed E-state index contributed by atoms with van der Waals surface area (Å²) in [6.07, 6.45) is 0. The Hall–Kier alpha value is -1.14. The number of aryl methyl sites for hydroxylation is 1. The molecule has 0 bridgehead atoms. The molecule has 1 rings (SSSR count). The normalized spacial score (nSPS) is 12.2. The Morgan fingerprint density at radius 3 is 2.76 bits per heavy atom. The molecule has 1 aromatic heterocycles. The highest BCUT2D eigenvalue weighted by atomic mass is 32.1. The van der Waals surface area contributed by atoms with Crippen molar-refractivity contribution >= 4 is 17.4 Å². The standard InChI is InChI=1S/C11H20N4OS/c1-8(10-7-17-9(2)14-10)12-5-6-13-11(16)15(3)4/h7-8,12H,5-6H2,1-4H3,(H,13,16). The van der Waals surface area contributed by atoms with Crippen molar-refractivity contribution in [2.24, 2.45) is 0 Å². The summed E-state index contributed by atoms with van der Waals surface area (Å²) in [5.74, 6) is 0. The number of nitrogens with zero attached hydrogens (tertiary/aromatic N) is 2. The topological polar surface area (TPSA) is 57.3 Å². The van der Waals surface area contributed by atoms with E-state index in [1.54, 1.807) is 25.4 Å². The first-order valence-electron chi connectivity index (χ1n) is 5.61. The molecule has 2 N–H and O–H groups in total. The van der Waals surface area contributed by atoms with E-state index in [9.17, 15) is 4.79 Å².